The summed E-state index contributed by atoms with van der Waals surface area (Å²) >= 11 is 0. The van der Waals surface area contributed by atoms with Gasteiger partial charge in [-0.1, -0.05) is 0 Å². The highest BCUT2D eigenvalue weighted by Crippen LogP contribution is 1.97. The molecule has 0 aromatic carbocycles. The normalized spacial score (nSPS) is 10.3. The molecule has 0 bridgehead atoms. The third kappa shape index (κ3) is 2.15. The third-order valence-corrected chi connectivity index (χ3v) is 1.25. The lowest BCUT2D eigenvalue weighted by Gasteiger charge is -2.07. The van der Waals surface area contributed by atoms with Crippen LogP contribution in [0, 0.1) is 0 Å². The molecule has 0 amide bonds. The van der Waals surface area contributed by atoms with Crippen LogP contribution in [0.4, 0.5) is 0 Å². The number of nitrogens with zero attached hydrogens (tertiary/aromatic N) is 2. The molecule has 1 rings (SSSR count). The Labute approximate surface area is 61.5 Å². The monoisotopic (exact) mass is 136 g/mol. The van der Waals surface area contributed by atoms with Crippen LogP contribution in [-0.4, -0.2) is 24.0 Å². The van der Waals surface area contributed by atoms with Crippen molar-refractivity contribution in [1.29, 1.82) is 0 Å². The van der Waals surface area contributed by atoms with Crippen LogP contribution in [-0.2, 0) is 6.54 Å². The van der Waals surface area contributed by atoms with Crippen LogP contribution in [0.15, 0.2) is 24.5 Å². The van der Waals surface area contributed by atoms with Crippen LogP contribution in [0.3, 0.4) is 0 Å². The third-order valence-electron chi connectivity index (χ3n) is 1.25. The zero-order valence-electron chi connectivity index (χ0n) is 6.41. The molecule has 2 heteroatoms. The highest BCUT2D eigenvalue weighted by molar-refractivity contribution is 5.08. The number of aromatic nitrogens is 1. The predicted molar refractivity (Wildman–Crippen MR) is 41.6 cm³/mol. The topological polar surface area (TPSA) is 16.1 Å². The van der Waals surface area contributed by atoms with Gasteiger partial charge in [0, 0.05) is 18.9 Å². The molecule has 1 aromatic rings. The van der Waals surface area contributed by atoms with Crippen molar-refractivity contribution in [1.82, 2.24) is 9.88 Å². The van der Waals surface area contributed by atoms with Crippen molar-refractivity contribution < 1.29 is 0 Å². The molecule has 0 radical (unpaired) electrons. The lowest BCUT2D eigenvalue weighted by Crippen LogP contribution is -2.10. The smallest absolute Gasteiger partial charge is 0.0271 e. The molecule has 0 unspecified atom stereocenters. The summed E-state index contributed by atoms with van der Waals surface area (Å²) in [6.45, 7) is 0.989. The van der Waals surface area contributed by atoms with E-state index in [1.165, 1.54) is 5.56 Å². The van der Waals surface area contributed by atoms with E-state index in [2.05, 4.69) is 24.0 Å². The van der Waals surface area contributed by atoms with Gasteiger partial charge in [-0.2, -0.15) is 0 Å². The van der Waals surface area contributed by atoms with Gasteiger partial charge in [-0.25, -0.2) is 0 Å². The Hall–Kier alpha value is -0.890. The van der Waals surface area contributed by atoms with Crippen LogP contribution >= 0.6 is 0 Å². The minimum atomic E-state index is 0.989. The van der Waals surface area contributed by atoms with Gasteiger partial charge in [-0.3, -0.25) is 4.98 Å². The van der Waals surface area contributed by atoms with Gasteiger partial charge in [0.05, 0.1) is 0 Å². The molecular weight excluding hydrogens is 124 g/mol. The standard InChI is InChI=1S/C8H12N2/c1-10(2)7-8-3-5-9-6-4-8/h3-6H,7H2,1-2H3. The van der Waals surface area contributed by atoms with Crippen LogP contribution in [0.2, 0.25) is 0 Å². The maximum atomic E-state index is 3.93. The van der Waals surface area contributed by atoms with Crippen molar-refractivity contribution in [3.05, 3.63) is 30.1 Å². The fourth-order valence-corrected chi connectivity index (χ4v) is 0.853. The number of hydrogen-bond acceptors (Lipinski definition) is 2. The average molecular weight is 136 g/mol. The summed E-state index contributed by atoms with van der Waals surface area (Å²) in [4.78, 5) is 6.07. The van der Waals surface area contributed by atoms with Gasteiger partial charge in [-0.15, -0.1) is 0 Å². The van der Waals surface area contributed by atoms with E-state index in [4.69, 9.17) is 0 Å². The Bertz CT molecular complexity index is 182. The van der Waals surface area contributed by atoms with Gasteiger partial charge < -0.3 is 4.90 Å². The van der Waals surface area contributed by atoms with Crippen LogP contribution in [0.5, 0.6) is 0 Å². The maximum absolute atomic E-state index is 3.93. The molecule has 0 spiro atoms. The van der Waals surface area contributed by atoms with Gasteiger partial charge in [0.2, 0.25) is 0 Å². The second kappa shape index (κ2) is 3.32. The first-order chi connectivity index (χ1) is 4.79. The summed E-state index contributed by atoms with van der Waals surface area (Å²) in [5.74, 6) is 0. The molecule has 2 nitrogen and oxygen atoms in total. The molecule has 0 aliphatic rings. The highest BCUT2D eigenvalue weighted by atomic mass is 15.0. The molecular formula is C8H12N2. The first kappa shape index (κ1) is 7.22. The van der Waals surface area contributed by atoms with Gasteiger partial charge in [0.15, 0.2) is 0 Å². The summed E-state index contributed by atoms with van der Waals surface area (Å²) in [5.41, 5.74) is 1.31. The first-order valence-electron chi connectivity index (χ1n) is 3.32. The lowest BCUT2D eigenvalue weighted by molar-refractivity contribution is 0.402. The Morgan fingerprint density at radius 2 is 1.90 bits per heavy atom. The maximum Gasteiger partial charge on any atom is 0.0271 e. The Morgan fingerprint density at radius 1 is 1.30 bits per heavy atom. The summed E-state index contributed by atoms with van der Waals surface area (Å²) in [7, 11) is 4.11. The number of pyridine rings is 1. The van der Waals surface area contributed by atoms with Gasteiger partial charge in [-0.05, 0) is 31.8 Å². The molecule has 0 N–H and O–H groups in total. The Balaban J connectivity index is 2.59. The quantitative estimate of drug-likeness (QED) is 0.606. The summed E-state index contributed by atoms with van der Waals surface area (Å²) < 4.78 is 0. The lowest BCUT2D eigenvalue weighted by atomic mass is 10.3. The van der Waals surface area contributed by atoms with Crippen molar-refractivity contribution in [2.45, 2.75) is 6.54 Å². The first-order valence-corrected chi connectivity index (χ1v) is 3.32. The van der Waals surface area contributed by atoms with Crippen molar-refractivity contribution in [2.75, 3.05) is 14.1 Å². The minimum absolute atomic E-state index is 0.989. The molecule has 0 saturated carbocycles. The SMILES string of the molecule is CN(C)Cc1ccncc1. The molecule has 0 fully saturated rings. The average Bonchev–Trinajstić information content (AvgIpc) is 1.88. The second-order valence-electron chi connectivity index (χ2n) is 2.59. The second-order valence-corrected chi connectivity index (χ2v) is 2.59. The molecule has 1 heterocycles. The summed E-state index contributed by atoms with van der Waals surface area (Å²) in [5, 5.41) is 0. The Morgan fingerprint density at radius 3 is 2.40 bits per heavy atom. The number of hydrogen-bond donors (Lipinski definition) is 0. The molecule has 0 aliphatic heterocycles. The van der Waals surface area contributed by atoms with Crippen molar-refractivity contribution in [3.8, 4) is 0 Å². The van der Waals surface area contributed by atoms with Crippen molar-refractivity contribution in [2.24, 2.45) is 0 Å². The van der Waals surface area contributed by atoms with Gasteiger partial charge in [0.1, 0.15) is 0 Å². The highest BCUT2D eigenvalue weighted by Gasteiger charge is 1.91. The molecule has 0 saturated heterocycles. The largest absolute Gasteiger partial charge is 0.305 e. The fraction of sp³-hybridized carbons (Fsp3) is 0.375. The van der Waals surface area contributed by atoms with E-state index in [0.717, 1.165) is 6.54 Å². The van der Waals surface area contributed by atoms with Crippen LogP contribution in [0.1, 0.15) is 5.56 Å². The van der Waals surface area contributed by atoms with Crippen molar-refractivity contribution in [3.63, 3.8) is 0 Å². The van der Waals surface area contributed by atoms with E-state index >= 15 is 0 Å². The molecule has 54 valence electrons. The van der Waals surface area contributed by atoms with Crippen LogP contribution < -0.4 is 0 Å². The molecule has 0 aliphatic carbocycles. The molecule has 0 atom stereocenters. The van der Waals surface area contributed by atoms with E-state index in [1.807, 2.05) is 24.5 Å². The van der Waals surface area contributed by atoms with E-state index < -0.39 is 0 Å². The minimum Gasteiger partial charge on any atom is -0.305 e. The fourth-order valence-electron chi connectivity index (χ4n) is 0.853. The molecule has 1 aromatic heterocycles. The van der Waals surface area contributed by atoms with Gasteiger partial charge >= 0.3 is 0 Å². The van der Waals surface area contributed by atoms with E-state index in [9.17, 15) is 0 Å². The van der Waals surface area contributed by atoms with E-state index in [0.29, 0.717) is 0 Å². The predicted octanol–water partition coefficient (Wildman–Crippen LogP) is 1.14. The van der Waals surface area contributed by atoms with Crippen molar-refractivity contribution >= 4 is 0 Å². The van der Waals surface area contributed by atoms with E-state index in [-0.39, 0.29) is 0 Å². The summed E-state index contributed by atoms with van der Waals surface area (Å²) in [6.07, 6.45) is 3.64. The van der Waals surface area contributed by atoms with Crippen LogP contribution in [0.25, 0.3) is 0 Å². The van der Waals surface area contributed by atoms with Gasteiger partial charge in [0.25, 0.3) is 0 Å². The summed E-state index contributed by atoms with van der Waals surface area (Å²) in [6, 6.07) is 4.06. The zero-order valence-corrected chi connectivity index (χ0v) is 6.41. The Kier molecular flexibility index (Phi) is 2.40. The number of rotatable bonds is 2. The molecule has 10 heavy (non-hydrogen) atoms. The zero-order chi connectivity index (χ0) is 7.40. The van der Waals surface area contributed by atoms with E-state index in [1.54, 1.807) is 0 Å².